The van der Waals surface area contributed by atoms with Crippen LogP contribution in [0.15, 0.2) is 59.6 Å². The molecule has 0 saturated heterocycles. The fourth-order valence-corrected chi connectivity index (χ4v) is 3.24. The number of fused-ring (bicyclic) bond motifs is 1. The lowest BCUT2D eigenvalue weighted by atomic mass is 10.1. The van der Waals surface area contributed by atoms with Crippen LogP contribution in [0.25, 0.3) is 10.9 Å². The lowest BCUT2D eigenvalue weighted by molar-refractivity contribution is 0.405. The van der Waals surface area contributed by atoms with Gasteiger partial charge in [0.1, 0.15) is 5.75 Å². The Balaban J connectivity index is 1.87. The van der Waals surface area contributed by atoms with Gasteiger partial charge in [-0.2, -0.15) is 0 Å². The van der Waals surface area contributed by atoms with Crippen LogP contribution < -0.4 is 10.5 Å². The average Bonchev–Trinajstić information content (AvgIpc) is 2.53. The Morgan fingerprint density at radius 2 is 2.00 bits per heavy atom. The number of hydrogen-bond donors (Lipinski definition) is 1. The van der Waals surface area contributed by atoms with Crippen molar-refractivity contribution < 1.29 is 4.74 Å². The van der Waals surface area contributed by atoms with Crippen molar-refractivity contribution in [3.63, 3.8) is 0 Å². The molecule has 3 aromatic rings. The Kier molecular flexibility index (Phi) is 3.97. The second-order valence-electron chi connectivity index (χ2n) is 4.69. The minimum Gasteiger partial charge on any atom is -0.496 e. The van der Waals surface area contributed by atoms with Gasteiger partial charge in [0, 0.05) is 34.0 Å². The molecule has 0 radical (unpaired) electrons. The van der Waals surface area contributed by atoms with Crippen LogP contribution in [0.1, 0.15) is 5.56 Å². The maximum absolute atomic E-state index is 5.79. The van der Waals surface area contributed by atoms with Crippen molar-refractivity contribution >= 4 is 28.4 Å². The summed E-state index contributed by atoms with van der Waals surface area (Å²) in [4.78, 5) is 5.57. The van der Waals surface area contributed by atoms with Crippen LogP contribution >= 0.6 is 11.8 Å². The third-order valence-corrected chi connectivity index (χ3v) is 4.39. The van der Waals surface area contributed by atoms with E-state index < -0.39 is 0 Å². The number of pyridine rings is 1. The molecule has 1 aromatic heterocycles. The third-order valence-electron chi connectivity index (χ3n) is 3.29. The first-order valence-corrected chi connectivity index (χ1v) is 7.65. The minimum atomic E-state index is 0.711. The summed E-state index contributed by atoms with van der Waals surface area (Å²) >= 11 is 1.73. The number of anilines is 1. The molecule has 1 heterocycles. The summed E-state index contributed by atoms with van der Waals surface area (Å²) in [5.41, 5.74) is 8.77. The normalized spacial score (nSPS) is 10.7. The molecule has 0 saturated carbocycles. The first kappa shape index (κ1) is 13.8. The highest BCUT2D eigenvalue weighted by Crippen LogP contribution is 2.34. The van der Waals surface area contributed by atoms with E-state index in [0.717, 1.165) is 21.9 Å². The fraction of sp³-hybridized carbons (Fsp3) is 0.118. The summed E-state index contributed by atoms with van der Waals surface area (Å²) in [6, 6.07) is 16.1. The van der Waals surface area contributed by atoms with Gasteiger partial charge in [-0.15, -0.1) is 11.8 Å². The number of benzene rings is 2. The number of nitrogen functional groups attached to an aromatic ring is 1. The monoisotopic (exact) mass is 296 g/mol. The molecular weight excluding hydrogens is 280 g/mol. The number of methoxy groups -OCH3 is 1. The number of para-hydroxylation sites is 1. The molecule has 0 aliphatic rings. The summed E-state index contributed by atoms with van der Waals surface area (Å²) in [5.74, 6) is 1.66. The molecule has 106 valence electrons. The van der Waals surface area contributed by atoms with E-state index >= 15 is 0 Å². The number of ether oxygens (including phenoxy) is 1. The Morgan fingerprint density at radius 1 is 1.14 bits per heavy atom. The number of rotatable bonds is 4. The summed E-state index contributed by atoms with van der Waals surface area (Å²) < 4.78 is 5.39. The van der Waals surface area contributed by atoms with Crippen molar-refractivity contribution in [2.75, 3.05) is 12.8 Å². The Bertz CT molecular complexity index is 768. The van der Waals surface area contributed by atoms with Gasteiger partial charge in [0.25, 0.3) is 0 Å². The molecule has 21 heavy (non-hydrogen) atoms. The van der Waals surface area contributed by atoms with Gasteiger partial charge in [-0.1, -0.05) is 24.3 Å². The number of thioether (sulfide) groups is 1. The zero-order chi connectivity index (χ0) is 14.7. The van der Waals surface area contributed by atoms with E-state index in [2.05, 4.69) is 29.2 Å². The van der Waals surface area contributed by atoms with Crippen molar-refractivity contribution in [3.05, 3.63) is 60.3 Å². The first-order valence-electron chi connectivity index (χ1n) is 6.67. The van der Waals surface area contributed by atoms with Gasteiger partial charge in [0.2, 0.25) is 0 Å². The van der Waals surface area contributed by atoms with Crippen LogP contribution in [0, 0.1) is 0 Å². The highest BCUT2D eigenvalue weighted by molar-refractivity contribution is 7.98. The molecule has 3 nitrogen and oxygen atoms in total. The maximum atomic E-state index is 5.79. The van der Waals surface area contributed by atoms with Crippen LogP contribution in [0.3, 0.4) is 0 Å². The van der Waals surface area contributed by atoms with E-state index in [-0.39, 0.29) is 0 Å². The zero-order valence-corrected chi connectivity index (χ0v) is 12.6. The molecule has 3 rings (SSSR count). The van der Waals surface area contributed by atoms with E-state index in [4.69, 9.17) is 10.5 Å². The maximum Gasteiger partial charge on any atom is 0.134 e. The van der Waals surface area contributed by atoms with E-state index in [1.165, 1.54) is 10.9 Å². The second-order valence-corrected chi connectivity index (χ2v) is 5.71. The summed E-state index contributed by atoms with van der Waals surface area (Å²) in [7, 11) is 1.66. The van der Waals surface area contributed by atoms with Gasteiger partial charge in [0.15, 0.2) is 0 Å². The van der Waals surface area contributed by atoms with Crippen molar-refractivity contribution in [1.82, 2.24) is 4.98 Å². The SMILES string of the molecule is COc1cc(N)ccc1SCc1cccc2cccnc12. The molecule has 2 N–H and O–H groups in total. The van der Waals surface area contributed by atoms with Gasteiger partial charge in [0.05, 0.1) is 12.6 Å². The van der Waals surface area contributed by atoms with Crippen LogP contribution in [0.4, 0.5) is 5.69 Å². The highest BCUT2D eigenvalue weighted by Gasteiger charge is 2.07. The van der Waals surface area contributed by atoms with Crippen molar-refractivity contribution in [2.24, 2.45) is 0 Å². The van der Waals surface area contributed by atoms with Crippen molar-refractivity contribution in [1.29, 1.82) is 0 Å². The molecule has 0 amide bonds. The van der Waals surface area contributed by atoms with Crippen LogP contribution in [0.2, 0.25) is 0 Å². The van der Waals surface area contributed by atoms with Crippen molar-refractivity contribution in [3.8, 4) is 5.75 Å². The highest BCUT2D eigenvalue weighted by atomic mass is 32.2. The molecule has 0 aliphatic heterocycles. The molecule has 0 bridgehead atoms. The van der Waals surface area contributed by atoms with E-state index in [1.54, 1.807) is 18.9 Å². The summed E-state index contributed by atoms with van der Waals surface area (Å²) in [5, 5.41) is 1.17. The number of nitrogens with two attached hydrogens (primary N) is 1. The fourth-order valence-electron chi connectivity index (χ4n) is 2.24. The van der Waals surface area contributed by atoms with Crippen LogP contribution in [0.5, 0.6) is 5.75 Å². The quantitative estimate of drug-likeness (QED) is 0.581. The Hall–Kier alpha value is -2.20. The van der Waals surface area contributed by atoms with Gasteiger partial charge in [-0.3, -0.25) is 4.98 Å². The molecule has 0 fully saturated rings. The van der Waals surface area contributed by atoms with E-state index in [1.807, 2.05) is 30.5 Å². The van der Waals surface area contributed by atoms with Gasteiger partial charge >= 0.3 is 0 Å². The first-order chi connectivity index (χ1) is 10.3. The Morgan fingerprint density at radius 3 is 2.86 bits per heavy atom. The predicted molar refractivity (Wildman–Crippen MR) is 88.7 cm³/mol. The molecule has 0 aliphatic carbocycles. The molecular formula is C17H16N2OS. The number of nitrogens with zero attached hydrogens (tertiary/aromatic N) is 1. The average molecular weight is 296 g/mol. The minimum absolute atomic E-state index is 0.711. The zero-order valence-electron chi connectivity index (χ0n) is 11.7. The van der Waals surface area contributed by atoms with Crippen LogP contribution in [-0.4, -0.2) is 12.1 Å². The van der Waals surface area contributed by atoms with Gasteiger partial charge < -0.3 is 10.5 Å². The molecule has 0 unspecified atom stereocenters. The molecule has 0 spiro atoms. The predicted octanol–water partition coefficient (Wildman–Crippen LogP) is 4.12. The lowest BCUT2D eigenvalue weighted by Crippen LogP contribution is -1.91. The summed E-state index contributed by atoms with van der Waals surface area (Å²) in [6.45, 7) is 0. The second kappa shape index (κ2) is 6.06. The lowest BCUT2D eigenvalue weighted by Gasteiger charge is -2.10. The van der Waals surface area contributed by atoms with Gasteiger partial charge in [-0.25, -0.2) is 0 Å². The molecule has 2 aromatic carbocycles. The molecule has 4 heteroatoms. The smallest absolute Gasteiger partial charge is 0.134 e. The Labute approximate surface area is 128 Å². The molecule has 0 atom stereocenters. The number of aromatic nitrogens is 1. The van der Waals surface area contributed by atoms with Gasteiger partial charge in [-0.05, 0) is 23.8 Å². The third kappa shape index (κ3) is 2.95. The van der Waals surface area contributed by atoms with E-state index in [0.29, 0.717) is 5.69 Å². The largest absolute Gasteiger partial charge is 0.496 e. The van der Waals surface area contributed by atoms with E-state index in [9.17, 15) is 0 Å². The summed E-state index contributed by atoms with van der Waals surface area (Å²) in [6.07, 6.45) is 1.83. The standard InChI is InChI=1S/C17H16N2OS/c1-20-15-10-14(18)7-8-16(15)21-11-13-5-2-4-12-6-3-9-19-17(12)13/h2-10H,11,18H2,1H3. The number of hydrogen-bond acceptors (Lipinski definition) is 4. The topological polar surface area (TPSA) is 48.1 Å². The van der Waals surface area contributed by atoms with Crippen molar-refractivity contribution in [2.45, 2.75) is 10.6 Å². The van der Waals surface area contributed by atoms with Crippen LogP contribution in [-0.2, 0) is 5.75 Å².